The second-order valence-electron chi connectivity index (χ2n) is 6.20. The lowest BCUT2D eigenvalue weighted by Gasteiger charge is -2.22. The van der Waals surface area contributed by atoms with Crippen LogP contribution in [0.1, 0.15) is 16.8 Å². The Morgan fingerprint density at radius 3 is 2.50 bits per heavy atom. The highest BCUT2D eigenvalue weighted by Gasteiger charge is 2.30. The Kier molecular flexibility index (Phi) is 7.05. The first-order valence-corrected chi connectivity index (χ1v) is 8.48. The van der Waals surface area contributed by atoms with Crippen LogP contribution < -0.4 is 10.5 Å². The first-order valence-electron chi connectivity index (χ1n) is 8.48. The minimum Gasteiger partial charge on any atom is -0.468 e. The summed E-state index contributed by atoms with van der Waals surface area (Å²) in [6.07, 6.45) is -3.56. The van der Waals surface area contributed by atoms with Gasteiger partial charge in [0.25, 0.3) is 0 Å². The largest absolute Gasteiger partial charge is 0.468 e. The topological polar surface area (TPSA) is 56.3 Å². The van der Waals surface area contributed by atoms with Crippen molar-refractivity contribution < 1.29 is 17.9 Å². The Labute approximate surface area is 151 Å². The molecule has 144 valence electrons. The predicted molar refractivity (Wildman–Crippen MR) is 94.0 cm³/mol. The van der Waals surface area contributed by atoms with Crippen LogP contribution in [0.25, 0.3) is 0 Å². The lowest BCUT2D eigenvalue weighted by molar-refractivity contribution is -0.154. The van der Waals surface area contributed by atoms with E-state index in [-0.39, 0.29) is 5.88 Å². The minimum atomic E-state index is -4.39. The van der Waals surface area contributed by atoms with Gasteiger partial charge in [0.1, 0.15) is 0 Å². The van der Waals surface area contributed by atoms with Gasteiger partial charge >= 0.3 is 6.18 Å². The van der Waals surface area contributed by atoms with Crippen molar-refractivity contribution in [3.8, 4) is 5.88 Å². The number of nitrogens with two attached hydrogens (primary N) is 1. The molecular weight excluding hydrogens is 345 g/mol. The van der Waals surface area contributed by atoms with Crippen LogP contribution in [0, 0.1) is 6.92 Å². The van der Waals surface area contributed by atoms with Crippen LogP contribution in [0.15, 0.2) is 30.3 Å². The molecule has 0 aliphatic rings. The smallest absolute Gasteiger partial charge is 0.422 e. The summed E-state index contributed by atoms with van der Waals surface area (Å²) in [5, 5.41) is 4.21. The van der Waals surface area contributed by atoms with Crippen LogP contribution in [0.4, 0.5) is 13.2 Å². The third-order valence-corrected chi connectivity index (χ3v) is 4.05. The van der Waals surface area contributed by atoms with Crippen molar-refractivity contribution >= 4 is 0 Å². The Hall–Kier alpha value is -2.06. The van der Waals surface area contributed by atoms with Crippen LogP contribution in [0.3, 0.4) is 0 Å². The van der Waals surface area contributed by atoms with Gasteiger partial charge in [-0.15, -0.1) is 0 Å². The molecule has 0 atom stereocenters. The highest BCUT2D eigenvalue weighted by molar-refractivity contribution is 5.31. The molecule has 0 aliphatic heterocycles. The fourth-order valence-corrected chi connectivity index (χ4v) is 2.80. The number of aromatic nitrogens is 2. The molecule has 0 bridgehead atoms. The molecule has 0 saturated heterocycles. The lowest BCUT2D eigenvalue weighted by atomic mass is 10.1. The molecule has 0 radical (unpaired) electrons. The van der Waals surface area contributed by atoms with Crippen molar-refractivity contribution in [1.82, 2.24) is 14.7 Å². The maximum absolute atomic E-state index is 12.5. The Bertz CT molecular complexity index is 686. The second kappa shape index (κ2) is 9.05. The van der Waals surface area contributed by atoms with Crippen molar-refractivity contribution in [2.24, 2.45) is 12.8 Å². The average molecular weight is 370 g/mol. The molecule has 2 aromatic rings. The summed E-state index contributed by atoms with van der Waals surface area (Å²) in [4.78, 5) is 2.11. The standard InChI is InChI=1S/C18H25F3N4O/c1-14-16(17(24(2)23-14)26-13-18(19,20)21)12-25(11-9-22)10-8-15-6-4-3-5-7-15/h3-7H,8-13,22H2,1-2H3. The van der Waals surface area contributed by atoms with Crippen LogP contribution >= 0.6 is 0 Å². The van der Waals surface area contributed by atoms with Crippen molar-refractivity contribution in [3.63, 3.8) is 0 Å². The SMILES string of the molecule is Cc1nn(C)c(OCC(F)(F)F)c1CN(CCN)CCc1ccccc1. The van der Waals surface area contributed by atoms with Gasteiger partial charge in [-0.2, -0.15) is 18.3 Å². The highest BCUT2D eigenvalue weighted by Crippen LogP contribution is 2.25. The Morgan fingerprint density at radius 2 is 1.88 bits per heavy atom. The van der Waals surface area contributed by atoms with E-state index in [1.165, 1.54) is 10.2 Å². The van der Waals surface area contributed by atoms with Gasteiger partial charge < -0.3 is 10.5 Å². The van der Waals surface area contributed by atoms with Crippen LogP contribution in [0.2, 0.25) is 0 Å². The molecule has 1 aromatic carbocycles. The molecule has 5 nitrogen and oxygen atoms in total. The molecule has 0 saturated carbocycles. The number of halogens is 3. The second-order valence-corrected chi connectivity index (χ2v) is 6.20. The number of hydrogen-bond acceptors (Lipinski definition) is 4. The van der Waals surface area contributed by atoms with Crippen LogP contribution in [0.5, 0.6) is 5.88 Å². The number of ether oxygens (including phenoxy) is 1. The number of aryl methyl sites for hydroxylation is 2. The predicted octanol–water partition coefficient (Wildman–Crippen LogP) is 2.67. The first kappa shape index (κ1) is 20.3. The molecular formula is C18H25F3N4O. The summed E-state index contributed by atoms with van der Waals surface area (Å²) in [7, 11) is 1.58. The van der Waals surface area contributed by atoms with E-state index in [1.54, 1.807) is 14.0 Å². The van der Waals surface area contributed by atoms with Gasteiger partial charge in [0, 0.05) is 33.2 Å². The highest BCUT2D eigenvalue weighted by atomic mass is 19.4. The van der Waals surface area contributed by atoms with E-state index in [0.717, 1.165) is 13.0 Å². The maximum Gasteiger partial charge on any atom is 0.422 e. The molecule has 0 unspecified atom stereocenters. The number of hydrogen-bond donors (Lipinski definition) is 1. The molecule has 2 N–H and O–H groups in total. The van der Waals surface area contributed by atoms with Crippen molar-refractivity contribution in [2.75, 3.05) is 26.2 Å². The van der Waals surface area contributed by atoms with Crippen molar-refractivity contribution in [3.05, 3.63) is 47.2 Å². The molecule has 8 heteroatoms. The number of benzene rings is 1. The summed E-state index contributed by atoms with van der Waals surface area (Å²) in [6, 6.07) is 10.0. The number of nitrogens with zero attached hydrogens (tertiary/aromatic N) is 3. The monoisotopic (exact) mass is 370 g/mol. The van der Waals surface area contributed by atoms with E-state index in [0.29, 0.717) is 30.9 Å². The summed E-state index contributed by atoms with van der Waals surface area (Å²) in [6.45, 7) is 2.73. The van der Waals surface area contributed by atoms with Crippen molar-refractivity contribution in [1.29, 1.82) is 0 Å². The van der Waals surface area contributed by atoms with E-state index in [9.17, 15) is 13.2 Å². The molecule has 0 spiro atoms. The number of rotatable bonds is 9. The first-order chi connectivity index (χ1) is 12.3. The third-order valence-electron chi connectivity index (χ3n) is 4.05. The molecule has 26 heavy (non-hydrogen) atoms. The Balaban J connectivity index is 2.09. The molecule has 2 rings (SSSR count). The van der Waals surface area contributed by atoms with E-state index < -0.39 is 12.8 Å². The fraction of sp³-hybridized carbons (Fsp3) is 0.500. The van der Waals surface area contributed by atoms with E-state index in [2.05, 4.69) is 10.00 Å². The van der Waals surface area contributed by atoms with Gasteiger partial charge in [0.2, 0.25) is 5.88 Å². The van der Waals surface area contributed by atoms with Gasteiger partial charge in [-0.3, -0.25) is 4.90 Å². The van der Waals surface area contributed by atoms with Gasteiger partial charge in [-0.1, -0.05) is 30.3 Å². The summed E-state index contributed by atoms with van der Waals surface area (Å²) in [5.74, 6) is 0.154. The van der Waals surface area contributed by atoms with Gasteiger partial charge in [0.05, 0.1) is 11.3 Å². The Morgan fingerprint density at radius 1 is 1.19 bits per heavy atom. The summed E-state index contributed by atoms with van der Waals surface area (Å²) < 4.78 is 43.9. The molecule has 0 aliphatic carbocycles. The number of alkyl halides is 3. The molecule has 1 heterocycles. The van der Waals surface area contributed by atoms with Gasteiger partial charge in [-0.25, -0.2) is 4.68 Å². The van der Waals surface area contributed by atoms with Gasteiger partial charge in [-0.05, 0) is 18.9 Å². The van der Waals surface area contributed by atoms with Crippen LogP contribution in [-0.2, 0) is 20.0 Å². The zero-order chi connectivity index (χ0) is 19.2. The minimum absolute atomic E-state index is 0.154. The zero-order valence-corrected chi connectivity index (χ0v) is 15.1. The quantitative estimate of drug-likeness (QED) is 0.737. The lowest BCUT2D eigenvalue weighted by Crippen LogP contribution is -2.31. The van der Waals surface area contributed by atoms with Crippen LogP contribution in [-0.4, -0.2) is 47.1 Å². The van der Waals surface area contributed by atoms with E-state index >= 15 is 0 Å². The van der Waals surface area contributed by atoms with E-state index in [4.69, 9.17) is 10.5 Å². The third kappa shape index (κ3) is 6.03. The normalized spacial score (nSPS) is 12.0. The zero-order valence-electron chi connectivity index (χ0n) is 15.1. The molecule has 0 amide bonds. The van der Waals surface area contributed by atoms with Crippen molar-refractivity contribution in [2.45, 2.75) is 26.1 Å². The fourth-order valence-electron chi connectivity index (χ4n) is 2.80. The molecule has 1 aromatic heterocycles. The molecule has 0 fully saturated rings. The maximum atomic E-state index is 12.5. The van der Waals surface area contributed by atoms with E-state index in [1.807, 2.05) is 30.3 Å². The van der Waals surface area contributed by atoms with Gasteiger partial charge in [0.15, 0.2) is 6.61 Å². The average Bonchev–Trinajstić information content (AvgIpc) is 2.84. The summed E-state index contributed by atoms with van der Waals surface area (Å²) in [5.41, 5.74) is 8.23. The summed E-state index contributed by atoms with van der Waals surface area (Å²) >= 11 is 0.